The van der Waals surface area contributed by atoms with E-state index in [0.717, 1.165) is 15.8 Å². The quantitative estimate of drug-likeness (QED) is 0.873. The molecule has 90 valence electrons. The second kappa shape index (κ2) is 5.66. The summed E-state index contributed by atoms with van der Waals surface area (Å²) in [6.45, 7) is 4.77. The topological polar surface area (TPSA) is 41.5 Å². The van der Waals surface area contributed by atoms with Crippen molar-refractivity contribution in [2.45, 2.75) is 26.0 Å². The van der Waals surface area contributed by atoms with Crippen LogP contribution in [0.3, 0.4) is 0 Å². The first-order valence-corrected chi connectivity index (χ1v) is 5.97. The molecule has 0 unspecified atom stereocenters. The van der Waals surface area contributed by atoms with Crippen molar-refractivity contribution in [2.24, 2.45) is 0 Å². The summed E-state index contributed by atoms with van der Waals surface area (Å²) in [5, 5.41) is 12.8. The average molecular weight is 288 g/mol. The van der Waals surface area contributed by atoms with Crippen molar-refractivity contribution in [2.75, 3.05) is 13.7 Å². The maximum atomic E-state index is 9.57. The average Bonchev–Trinajstić information content (AvgIpc) is 2.16. The summed E-state index contributed by atoms with van der Waals surface area (Å²) in [6.07, 6.45) is 0. The maximum absolute atomic E-state index is 9.57. The van der Waals surface area contributed by atoms with Gasteiger partial charge in [-0.25, -0.2) is 0 Å². The highest BCUT2D eigenvalue weighted by Gasteiger charge is 2.12. The first-order valence-electron chi connectivity index (χ1n) is 5.18. The molecule has 0 atom stereocenters. The molecule has 0 amide bonds. The molecule has 0 radical (unpaired) electrons. The molecular weight excluding hydrogens is 270 g/mol. The van der Waals surface area contributed by atoms with Crippen LogP contribution in [0.25, 0.3) is 0 Å². The van der Waals surface area contributed by atoms with E-state index in [-0.39, 0.29) is 0 Å². The van der Waals surface area contributed by atoms with Crippen molar-refractivity contribution >= 4 is 15.9 Å². The molecule has 0 spiro atoms. The fourth-order valence-corrected chi connectivity index (χ4v) is 1.80. The van der Waals surface area contributed by atoms with Gasteiger partial charge in [-0.05, 0) is 32.0 Å². The Labute approximate surface area is 105 Å². The molecule has 16 heavy (non-hydrogen) atoms. The lowest BCUT2D eigenvalue weighted by Crippen LogP contribution is -2.34. The van der Waals surface area contributed by atoms with Crippen LogP contribution in [0.5, 0.6) is 5.75 Å². The van der Waals surface area contributed by atoms with Gasteiger partial charge < -0.3 is 15.2 Å². The van der Waals surface area contributed by atoms with Crippen LogP contribution in [0.15, 0.2) is 22.7 Å². The van der Waals surface area contributed by atoms with Crippen molar-refractivity contribution in [1.29, 1.82) is 0 Å². The standard InChI is InChI=1S/C12H18BrNO2/c1-12(2,15)8-14-7-9-6-10(13)4-5-11(9)16-3/h4-6,14-15H,7-8H2,1-3H3. The number of methoxy groups -OCH3 is 1. The number of hydrogen-bond acceptors (Lipinski definition) is 3. The third-order valence-corrected chi connectivity index (χ3v) is 2.61. The number of hydrogen-bond donors (Lipinski definition) is 2. The lowest BCUT2D eigenvalue weighted by Gasteiger charge is -2.18. The predicted octanol–water partition coefficient (Wildman–Crippen LogP) is 2.32. The Bertz CT molecular complexity index is 347. The Kier molecular flexibility index (Phi) is 4.77. The highest BCUT2D eigenvalue weighted by molar-refractivity contribution is 9.10. The zero-order chi connectivity index (χ0) is 12.2. The number of benzene rings is 1. The van der Waals surface area contributed by atoms with E-state index in [1.807, 2.05) is 18.2 Å². The van der Waals surface area contributed by atoms with Crippen molar-refractivity contribution < 1.29 is 9.84 Å². The fraction of sp³-hybridized carbons (Fsp3) is 0.500. The van der Waals surface area contributed by atoms with Crippen molar-refractivity contribution in [1.82, 2.24) is 5.32 Å². The van der Waals surface area contributed by atoms with Gasteiger partial charge in [0.2, 0.25) is 0 Å². The molecule has 0 aromatic heterocycles. The molecule has 1 rings (SSSR count). The second-order valence-corrected chi connectivity index (χ2v) is 5.29. The smallest absolute Gasteiger partial charge is 0.123 e. The van der Waals surface area contributed by atoms with Gasteiger partial charge >= 0.3 is 0 Å². The third kappa shape index (κ3) is 4.51. The van der Waals surface area contributed by atoms with Gasteiger partial charge in [0.15, 0.2) is 0 Å². The normalized spacial score (nSPS) is 11.6. The predicted molar refractivity (Wildman–Crippen MR) is 68.7 cm³/mol. The monoisotopic (exact) mass is 287 g/mol. The van der Waals surface area contributed by atoms with E-state index >= 15 is 0 Å². The molecule has 0 heterocycles. The largest absolute Gasteiger partial charge is 0.496 e. The molecule has 2 N–H and O–H groups in total. The second-order valence-electron chi connectivity index (χ2n) is 4.37. The summed E-state index contributed by atoms with van der Waals surface area (Å²) in [4.78, 5) is 0. The van der Waals surface area contributed by atoms with Gasteiger partial charge in [0.1, 0.15) is 5.75 Å². The van der Waals surface area contributed by atoms with E-state index in [9.17, 15) is 5.11 Å². The molecule has 0 bridgehead atoms. The Morgan fingerprint density at radius 1 is 1.44 bits per heavy atom. The zero-order valence-electron chi connectivity index (χ0n) is 9.88. The molecule has 0 saturated carbocycles. The van der Waals surface area contributed by atoms with Crippen LogP contribution in [-0.4, -0.2) is 24.4 Å². The summed E-state index contributed by atoms with van der Waals surface area (Å²) in [5.41, 5.74) is 0.375. The molecule has 0 saturated heterocycles. The summed E-state index contributed by atoms with van der Waals surface area (Å²) >= 11 is 3.42. The van der Waals surface area contributed by atoms with Gasteiger partial charge in [0.05, 0.1) is 12.7 Å². The molecule has 4 heteroatoms. The Hall–Kier alpha value is -0.580. The third-order valence-electron chi connectivity index (χ3n) is 2.12. The van der Waals surface area contributed by atoms with Crippen molar-refractivity contribution in [3.05, 3.63) is 28.2 Å². The van der Waals surface area contributed by atoms with E-state index in [4.69, 9.17) is 4.74 Å². The fourth-order valence-electron chi connectivity index (χ4n) is 1.39. The number of ether oxygens (including phenoxy) is 1. The van der Waals surface area contributed by atoms with E-state index in [1.54, 1.807) is 21.0 Å². The minimum Gasteiger partial charge on any atom is -0.496 e. The van der Waals surface area contributed by atoms with Crippen LogP contribution in [0.1, 0.15) is 19.4 Å². The molecule has 0 fully saturated rings. The van der Waals surface area contributed by atoms with E-state index in [2.05, 4.69) is 21.2 Å². The van der Waals surface area contributed by atoms with Gasteiger partial charge in [-0.15, -0.1) is 0 Å². The van der Waals surface area contributed by atoms with Crippen molar-refractivity contribution in [3.8, 4) is 5.75 Å². The molecule has 3 nitrogen and oxygen atoms in total. The van der Waals surface area contributed by atoms with Gasteiger partial charge in [-0.1, -0.05) is 15.9 Å². The van der Waals surface area contributed by atoms with Crippen LogP contribution in [0.2, 0.25) is 0 Å². The Balaban J connectivity index is 2.62. The van der Waals surface area contributed by atoms with Crippen LogP contribution >= 0.6 is 15.9 Å². The van der Waals surface area contributed by atoms with Gasteiger partial charge in [0, 0.05) is 23.1 Å². The Morgan fingerprint density at radius 3 is 2.69 bits per heavy atom. The SMILES string of the molecule is COc1ccc(Br)cc1CNCC(C)(C)O. The first kappa shape index (κ1) is 13.5. The number of nitrogens with one attached hydrogen (secondary N) is 1. The van der Waals surface area contributed by atoms with Crippen molar-refractivity contribution in [3.63, 3.8) is 0 Å². The molecular formula is C12H18BrNO2. The van der Waals surface area contributed by atoms with Gasteiger partial charge in [0.25, 0.3) is 0 Å². The first-order chi connectivity index (χ1) is 7.42. The molecule has 0 aliphatic heterocycles. The van der Waals surface area contributed by atoms with E-state index in [1.165, 1.54) is 0 Å². The maximum Gasteiger partial charge on any atom is 0.123 e. The molecule has 0 aliphatic carbocycles. The van der Waals surface area contributed by atoms with Crippen LogP contribution in [0, 0.1) is 0 Å². The lowest BCUT2D eigenvalue weighted by atomic mass is 10.1. The van der Waals surface area contributed by atoms with Crippen LogP contribution < -0.4 is 10.1 Å². The van der Waals surface area contributed by atoms with Gasteiger partial charge in [-0.2, -0.15) is 0 Å². The summed E-state index contributed by atoms with van der Waals surface area (Å²) in [5.74, 6) is 0.853. The summed E-state index contributed by atoms with van der Waals surface area (Å²) < 4.78 is 6.28. The van der Waals surface area contributed by atoms with Crippen LogP contribution in [0.4, 0.5) is 0 Å². The van der Waals surface area contributed by atoms with Crippen LogP contribution in [-0.2, 0) is 6.54 Å². The van der Waals surface area contributed by atoms with E-state index in [0.29, 0.717) is 13.1 Å². The Morgan fingerprint density at radius 2 is 2.12 bits per heavy atom. The summed E-state index contributed by atoms with van der Waals surface area (Å²) in [7, 11) is 1.66. The highest BCUT2D eigenvalue weighted by atomic mass is 79.9. The molecule has 1 aromatic rings. The van der Waals surface area contributed by atoms with E-state index < -0.39 is 5.60 Å². The summed E-state index contributed by atoms with van der Waals surface area (Å²) in [6, 6.07) is 5.87. The number of rotatable bonds is 5. The molecule has 0 aliphatic rings. The number of aliphatic hydroxyl groups is 1. The zero-order valence-corrected chi connectivity index (χ0v) is 11.5. The minimum absolute atomic E-state index is 0.544. The highest BCUT2D eigenvalue weighted by Crippen LogP contribution is 2.22. The lowest BCUT2D eigenvalue weighted by molar-refractivity contribution is 0.0794. The number of halogens is 1. The minimum atomic E-state index is -0.695. The molecule has 1 aromatic carbocycles. The van der Waals surface area contributed by atoms with Gasteiger partial charge in [-0.3, -0.25) is 0 Å².